The fraction of sp³-hybridized carbons (Fsp3) is 0.273. The fourth-order valence-electron chi connectivity index (χ4n) is 1.31. The highest BCUT2D eigenvalue weighted by Gasteiger charge is 2.07. The second-order valence-electron chi connectivity index (χ2n) is 3.17. The van der Waals surface area contributed by atoms with Gasteiger partial charge in [-0.05, 0) is 24.6 Å². The van der Waals surface area contributed by atoms with E-state index in [0.29, 0.717) is 17.1 Å². The minimum atomic E-state index is -0.480. The molecule has 0 fully saturated rings. The van der Waals surface area contributed by atoms with Crippen LogP contribution in [0, 0.1) is 10.1 Å². The second-order valence-corrected chi connectivity index (χ2v) is 3.17. The lowest BCUT2D eigenvalue weighted by Crippen LogP contribution is -1.93. The zero-order valence-corrected chi connectivity index (χ0v) is 9.39. The summed E-state index contributed by atoms with van der Waals surface area (Å²) in [6.45, 7) is 1.67. The third kappa shape index (κ3) is 2.73. The smallest absolute Gasteiger partial charge is 0.237 e. The van der Waals surface area contributed by atoms with Crippen LogP contribution in [-0.4, -0.2) is 19.1 Å². The van der Waals surface area contributed by atoms with Crippen LogP contribution in [0.25, 0.3) is 5.57 Å². The molecule has 0 saturated carbocycles. The topological polar surface area (TPSA) is 61.6 Å². The van der Waals surface area contributed by atoms with Crippen LogP contribution >= 0.6 is 0 Å². The van der Waals surface area contributed by atoms with Crippen LogP contribution in [0.4, 0.5) is 0 Å². The molecule has 0 bridgehead atoms. The molecule has 0 amide bonds. The molecule has 1 aromatic carbocycles. The van der Waals surface area contributed by atoms with Gasteiger partial charge in [0.1, 0.15) is 0 Å². The molecular weight excluding hydrogens is 210 g/mol. The Bertz CT molecular complexity index is 426. The molecule has 0 saturated heterocycles. The van der Waals surface area contributed by atoms with Gasteiger partial charge >= 0.3 is 0 Å². The molecule has 86 valence electrons. The van der Waals surface area contributed by atoms with Crippen molar-refractivity contribution in [1.82, 2.24) is 0 Å². The summed E-state index contributed by atoms with van der Waals surface area (Å²) >= 11 is 0. The van der Waals surface area contributed by atoms with E-state index in [2.05, 4.69) is 0 Å². The van der Waals surface area contributed by atoms with E-state index in [1.54, 1.807) is 25.1 Å². The molecule has 0 spiro atoms. The molecule has 0 aliphatic carbocycles. The Kier molecular flexibility index (Phi) is 3.88. The molecule has 0 atom stereocenters. The Morgan fingerprint density at radius 3 is 2.44 bits per heavy atom. The minimum absolute atomic E-state index is 0.480. The van der Waals surface area contributed by atoms with E-state index in [1.807, 2.05) is 0 Å². The van der Waals surface area contributed by atoms with E-state index in [0.717, 1.165) is 11.8 Å². The SMILES string of the molecule is COc1ccc(/C(C)=C/[N+](=O)[O-])cc1OC. The van der Waals surface area contributed by atoms with Crippen LogP contribution in [0.15, 0.2) is 24.4 Å². The van der Waals surface area contributed by atoms with Crippen LogP contribution in [-0.2, 0) is 0 Å². The van der Waals surface area contributed by atoms with Crippen molar-refractivity contribution in [1.29, 1.82) is 0 Å². The van der Waals surface area contributed by atoms with Gasteiger partial charge in [0.05, 0.1) is 19.1 Å². The second kappa shape index (κ2) is 5.16. The van der Waals surface area contributed by atoms with Crippen molar-refractivity contribution in [2.24, 2.45) is 0 Å². The van der Waals surface area contributed by atoms with Gasteiger partial charge in [0.15, 0.2) is 11.5 Å². The summed E-state index contributed by atoms with van der Waals surface area (Å²) in [5.41, 5.74) is 1.29. The van der Waals surface area contributed by atoms with Gasteiger partial charge < -0.3 is 9.47 Å². The molecule has 0 aliphatic rings. The summed E-state index contributed by atoms with van der Waals surface area (Å²) in [5.74, 6) is 1.15. The molecular formula is C11H13NO4. The summed E-state index contributed by atoms with van der Waals surface area (Å²) in [5, 5.41) is 10.3. The predicted octanol–water partition coefficient (Wildman–Crippen LogP) is 2.34. The summed E-state index contributed by atoms with van der Waals surface area (Å²) in [7, 11) is 3.06. The van der Waals surface area contributed by atoms with Crippen LogP contribution in [0.1, 0.15) is 12.5 Å². The van der Waals surface area contributed by atoms with Gasteiger partial charge in [0.2, 0.25) is 6.20 Å². The maximum absolute atomic E-state index is 10.3. The molecule has 1 aromatic rings. The van der Waals surface area contributed by atoms with Gasteiger partial charge in [0, 0.05) is 5.57 Å². The molecule has 0 heterocycles. The van der Waals surface area contributed by atoms with E-state index in [1.165, 1.54) is 14.2 Å². The number of hydrogen-bond donors (Lipinski definition) is 0. The maximum atomic E-state index is 10.3. The molecule has 5 nitrogen and oxygen atoms in total. The number of allylic oxidation sites excluding steroid dienone is 1. The highest BCUT2D eigenvalue weighted by molar-refractivity contribution is 5.65. The van der Waals surface area contributed by atoms with Crippen molar-refractivity contribution in [3.8, 4) is 11.5 Å². The quantitative estimate of drug-likeness (QED) is 0.580. The number of hydrogen-bond acceptors (Lipinski definition) is 4. The summed E-state index contributed by atoms with van der Waals surface area (Å²) < 4.78 is 10.2. The van der Waals surface area contributed by atoms with Crippen molar-refractivity contribution >= 4 is 5.57 Å². The number of ether oxygens (including phenoxy) is 2. The third-order valence-electron chi connectivity index (χ3n) is 2.14. The van der Waals surface area contributed by atoms with Crippen molar-refractivity contribution in [3.05, 3.63) is 40.1 Å². The Hall–Kier alpha value is -2.04. The Balaban J connectivity index is 3.13. The largest absolute Gasteiger partial charge is 0.493 e. The predicted molar refractivity (Wildman–Crippen MR) is 60.2 cm³/mol. The first-order valence-electron chi connectivity index (χ1n) is 4.62. The molecule has 0 aliphatic heterocycles. The lowest BCUT2D eigenvalue weighted by atomic mass is 10.1. The molecule has 1 rings (SSSR count). The molecule has 0 unspecified atom stereocenters. The highest BCUT2D eigenvalue weighted by Crippen LogP contribution is 2.30. The minimum Gasteiger partial charge on any atom is -0.493 e. The van der Waals surface area contributed by atoms with E-state index in [-0.39, 0.29) is 0 Å². The van der Waals surface area contributed by atoms with E-state index >= 15 is 0 Å². The lowest BCUT2D eigenvalue weighted by Gasteiger charge is -2.08. The number of nitro groups is 1. The highest BCUT2D eigenvalue weighted by atomic mass is 16.6. The standard InChI is InChI=1S/C11H13NO4/c1-8(7-12(13)14)9-4-5-10(15-2)11(6-9)16-3/h4-7H,1-3H3/b8-7+. The zero-order chi connectivity index (χ0) is 12.1. The molecule has 5 heteroatoms. The first kappa shape index (κ1) is 12.0. The number of nitrogens with zero attached hydrogens (tertiary/aromatic N) is 1. The summed E-state index contributed by atoms with van der Waals surface area (Å²) in [4.78, 5) is 9.85. The average Bonchev–Trinajstić information content (AvgIpc) is 2.27. The fourth-order valence-corrected chi connectivity index (χ4v) is 1.31. The van der Waals surface area contributed by atoms with Gasteiger partial charge in [-0.1, -0.05) is 6.07 Å². The van der Waals surface area contributed by atoms with E-state index in [9.17, 15) is 10.1 Å². The normalized spacial score (nSPS) is 11.1. The number of benzene rings is 1. The number of rotatable bonds is 4. The van der Waals surface area contributed by atoms with Crippen molar-refractivity contribution in [2.45, 2.75) is 6.92 Å². The monoisotopic (exact) mass is 223 g/mol. The Morgan fingerprint density at radius 1 is 1.31 bits per heavy atom. The molecule has 0 radical (unpaired) electrons. The van der Waals surface area contributed by atoms with Crippen LogP contribution in [0.2, 0.25) is 0 Å². The summed E-state index contributed by atoms with van der Waals surface area (Å²) in [6.07, 6.45) is 0.960. The lowest BCUT2D eigenvalue weighted by molar-refractivity contribution is -0.401. The summed E-state index contributed by atoms with van der Waals surface area (Å²) in [6, 6.07) is 5.16. The van der Waals surface area contributed by atoms with Gasteiger partial charge in [-0.25, -0.2) is 0 Å². The van der Waals surface area contributed by atoms with Crippen molar-refractivity contribution in [3.63, 3.8) is 0 Å². The Labute approximate surface area is 93.4 Å². The molecule has 0 N–H and O–H groups in total. The average molecular weight is 223 g/mol. The van der Waals surface area contributed by atoms with Crippen LogP contribution in [0.5, 0.6) is 11.5 Å². The van der Waals surface area contributed by atoms with Gasteiger partial charge in [-0.15, -0.1) is 0 Å². The molecule has 16 heavy (non-hydrogen) atoms. The number of methoxy groups -OCH3 is 2. The van der Waals surface area contributed by atoms with E-state index < -0.39 is 4.92 Å². The maximum Gasteiger partial charge on any atom is 0.237 e. The third-order valence-corrected chi connectivity index (χ3v) is 2.14. The van der Waals surface area contributed by atoms with Gasteiger partial charge in [0.25, 0.3) is 0 Å². The van der Waals surface area contributed by atoms with Gasteiger partial charge in [-0.3, -0.25) is 10.1 Å². The molecule has 0 aromatic heterocycles. The van der Waals surface area contributed by atoms with Crippen LogP contribution < -0.4 is 9.47 Å². The van der Waals surface area contributed by atoms with Gasteiger partial charge in [-0.2, -0.15) is 0 Å². The first-order valence-corrected chi connectivity index (χ1v) is 4.62. The zero-order valence-electron chi connectivity index (χ0n) is 9.39. The van der Waals surface area contributed by atoms with Crippen molar-refractivity contribution in [2.75, 3.05) is 14.2 Å². The van der Waals surface area contributed by atoms with Crippen LogP contribution in [0.3, 0.4) is 0 Å². The first-order chi connectivity index (χ1) is 7.58. The van der Waals surface area contributed by atoms with E-state index in [4.69, 9.17) is 9.47 Å². The Morgan fingerprint density at radius 2 is 1.94 bits per heavy atom. The van der Waals surface area contributed by atoms with Crippen molar-refractivity contribution < 1.29 is 14.4 Å².